The van der Waals surface area contributed by atoms with Gasteiger partial charge in [-0.2, -0.15) is 0 Å². The Hall–Kier alpha value is -3.92. The Labute approximate surface area is 231 Å². The Morgan fingerprint density at radius 3 is 2.65 bits per heavy atom. The zero-order valence-electron chi connectivity index (χ0n) is 22.4. The number of pyridine rings is 1. The number of nitrogens with zero attached hydrogens (tertiary/aromatic N) is 3. The number of nitrogens with one attached hydrogen (secondary N) is 4. The average Bonchev–Trinajstić information content (AvgIpc) is 3.58. The number of anilines is 2. The van der Waals surface area contributed by atoms with Gasteiger partial charge in [0, 0.05) is 44.0 Å². The van der Waals surface area contributed by atoms with E-state index in [1.165, 1.54) is 6.07 Å². The lowest BCUT2D eigenvalue weighted by Gasteiger charge is -2.45. The van der Waals surface area contributed by atoms with Crippen molar-refractivity contribution in [1.82, 2.24) is 24.8 Å². The van der Waals surface area contributed by atoms with Crippen molar-refractivity contribution in [3.63, 3.8) is 0 Å². The number of hydrogen-bond acceptors (Lipinski definition) is 6. The van der Waals surface area contributed by atoms with Gasteiger partial charge in [0.2, 0.25) is 5.91 Å². The van der Waals surface area contributed by atoms with Gasteiger partial charge in [0.15, 0.2) is 0 Å². The molecule has 0 unspecified atom stereocenters. The molecule has 2 bridgehead atoms. The van der Waals surface area contributed by atoms with Crippen LogP contribution in [0, 0.1) is 11.7 Å². The van der Waals surface area contributed by atoms with Crippen LogP contribution in [0.15, 0.2) is 41.2 Å². The fraction of sp³-hybridized carbons (Fsp3) is 0.433. The maximum atomic E-state index is 15.5. The van der Waals surface area contributed by atoms with Crippen LogP contribution in [0.2, 0.25) is 0 Å². The SMILES string of the molecule is O=C1CCCN1CCCNc1cc2[nH]c(=O)c(-c3nc4ccccc4[nH]3)c(N[C@@H]3CN4CCC3CC4)c2cc1F. The number of piperidine rings is 3. The number of amides is 1. The Morgan fingerprint density at radius 1 is 1.05 bits per heavy atom. The highest BCUT2D eigenvalue weighted by Crippen LogP contribution is 2.37. The van der Waals surface area contributed by atoms with E-state index >= 15 is 4.39 Å². The maximum absolute atomic E-state index is 15.5. The Kier molecular flexibility index (Phi) is 6.42. The summed E-state index contributed by atoms with van der Waals surface area (Å²) in [6.07, 6.45) is 4.47. The first kappa shape index (κ1) is 25.1. The molecule has 4 aliphatic rings. The number of benzene rings is 2. The van der Waals surface area contributed by atoms with Crippen LogP contribution in [0.3, 0.4) is 0 Å². The van der Waals surface area contributed by atoms with Gasteiger partial charge in [-0.3, -0.25) is 9.59 Å². The number of aromatic amines is 2. The Bertz CT molecular complexity index is 1610. The third-order valence-corrected chi connectivity index (χ3v) is 8.81. The molecule has 0 saturated carbocycles. The number of fused-ring (bicyclic) bond motifs is 5. The van der Waals surface area contributed by atoms with Crippen molar-refractivity contribution < 1.29 is 9.18 Å². The van der Waals surface area contributed by atoms with Gasteiger partial charge in [0.1, 0.15) is 17.2 Å². The molecule has 4 saturated heterocycles. The van der Waals surface area contributed by atoms with E-state index in [2.05, 4.69) is 25.5 Å². The third kappa shape index (κ3) is 4.60. The highest BCUT2D eigenvalue weighted by molar-refractivity contribution is 6.00. The molecule has 4 aliphatic heterocycles. The molecule has 9 nitrogen and oxygen atoms in total. The van der Waals surface area contributed by atoms with Gasteiger partial charge in [-0.25, -0.2) is 9.37 Å². The first-order valence-corrected chi connectivity index (χ1v) is 14.4. The molecule has 8 rings (SSSR count). The normalized spacial score (nSPS) is 22.5. The van der Waals surface area contributed by atoms with E-state index < -0.39 is 0 Å². The smallest absolute Gasteiger partial charge is 0.261 e. The summed E-state index contributed by atoms with van der Waals surface area (Å²) in [6, 6.07) is 11.0. The number of carbonyl (C=O) groups excluding carboxylic acids is 1. The fourth-order valence-corrected chi connectivity index (χ4v) is 6.65. The average molecular weight is 544 g/mol. The van der Waals surface area contributed by atoms with Gasteiger partial charge in [0.05, 0.1) is 27.9 Å². The van der Waals surface area contributed by atoms with Crippen molar-refractivity contribution in [3.05, 3.63) is 52.6 Å². The van der Waals surface area contributed by atoms with Gasteiger partial charge in [0.25, 0.3) is 5.56 Å². The number of rotatable bonds is 8. The van der Waals surface area contributed by atoms with Crippen molar-refractivity contribution in [2.24, 2.45) is 5.92 Å². The van der Waals surface area contributed by atoms with Gasteiger partial charge in [-0.05, 0) is 69.0 Å². The molecule has 0 aliphatic carbocycles. The van der Waals surface area contributed by atoms with E-state index in [1.54, 1.807) is 6.07 Å². The highest BCUT2D eigenvalue weighted by atomic mass is 19.1. The first-order valence-electron chi connectivity index (χ1n) is 14.4. The van der Waals surface area contributed by atoms with E-state index in [0.29, 0.717) is 59.1 Å². The van der Waals surface area contributed by atoms with Crippen LogP contribution in [0.4, 0.5) is 15.8 Å². The molecule has 208 valence electrons. The quantitative estimate of drug-likeness (QED) is 0.249. The number of likely N-dealkylation sites (tertiary alicyclic amines) is 1. The van der Waals surface area contributed by atoms with E-state index in [0.717, 1.165) is 62.9 Å². The second-order valence-electron chi connectivity index (χ2n) is 11.3. The van der Waals surface area contributed by atoms with Gasteiger partial charge in [-0.15, -0.1) is 0 Å². The lowest BCUT2D eigenvalue weighted by molar-refractivity contribution is -0.127. The molecule has 0 spiro atoms. The van der Waals surface area contributed by atoms with E-state index in [4.69, 9.17) is 4.98 Å². The van der Waals surface area contributed by atoms with E-state index in [-0.39, 0.29) is 23.3 Å². The minimum Gasteiger partial charge on any atom is -0.383 e. The lowest BCUT2D eigenvalue weighted by atomic mass is 9.83. The summed E-state index contributed by atoms with van der Waals surface area (Å²) >= 11 is 0. The van der Waals surface area contributed by atoms with Crippen molar-refractivity contribution in [2.45, 2.75) is 38.1 Å². The summed E-state index contributed by atoms with van der Waals surface area (Å²) in [4.78, 5) is 40.8. The van der Waals surface area contributed by atoms with Crippen molar-refractivity contribution in [3.8, 4) is 11.4 Å². The van der Waals surface area contributed by atoms with Crippen LogP contribution in [0.25, 0.3) is 33.3 Å². The lowest BCUT2D eigenvalue weighted by Crippen LogP contribution is -2.53. The van der Waals surface area contributed by atoms with Crippen LogP contribution in [0.1, 0.15) is 32.1 Å². The molecule has 10 heteroatoms. The molecule has 4 N–H and O–H groups in total. The molecular formula is C30H34FN7O2. The molecule has 1 amide bonds. The van der Waals surface area contributed by atoms with Crippen molar-refractivity contribution in [1.29, 1.82) is 0 Å². The summed E-state index contributed by atoms with van der Waals surface area (Å²) in [7, 11) is 0. The summed E-state index contributed by atoms with van der Waals surface area (Å²) in [5.41, 5.74) is 3.25. The number of aromatic nitrogens is 3. The number of hydrogen-bond donors (Lipinski definition) is 4. The standard InChI is InChI=1S/C30H34FN7O2/c31-20-15-19-23(16-24(20)32-10-4-12-38-11-3-7-26(38)39)36-30(40)27(29-34-21-5-1-2-6-22(21)35-29)28(19)33-25-17-37-13-8-18(25)9-14-37/h1-2,5-6,15-16,18,25,32H,3-4,7-14,17H2,(H,34,35)(H2,33,36,40)/t25-/m1/s1. The Balaban J connectivity index is 1.24. The van der Waals surface area contributed by atoms with Crippen molar-refractivity contribution in [2.75, 3.05) is 49.9 Å². The van der Waals surface area contributed by atoms with Crippen molar-refractivity contribution >= 4 is 39.2 Å². The monoisotopic (exact) mass is 543 g/mol. The third-order valence-electron chi connectivity index (χ3n) is 8.81. The predicted molar refractivity (Wildman–Crippen MR) is 155 cm³/mol. The number of para-hydroxylation sites is 2. The number of H-pyrrole nitrogens is 2. The largest absolute Gasteiger partial charge is 0.383 e. The molecular weight excluding hydrogens is 509 g/mol. The molecule has 0 radical (unpaired) electrons. The zero-order valence-corrected chi connectivity index (χ0v) is 22.4. The maximum Gasteiger partial charge on any atom is 0.261 e. The van der Waals surface area contributed by atoms with Crippen LogP contribution in [-0.2, 0) is 4.79 Å². The molecule has 40 heavy (non-hydrogen) atoms. The number of carbonyl (C=O) groups is 1. The number of halogens is 1. The topological polar surface area (TPSA) is 109 Å². The first-order chi connectivity index (χ1) is 19.5. The van der Waals surface area contributed by atoms with Crippen LogP contribution >= 0.6 is 0 Å². The molecule has 1 atom stereocenters. The molecule has 4 fully saturated rings. The second kappa shape index (κ2) is 10.2. The number of imidazole rings is 1. The van der Waals surface area contributed by atoms with Crippen LogP contribution in [-0.4, -0.2) is 76.0 Å². The van der Waals surface area contributed by atoms with Gasteiger partial charge < -0.3 is 30.4 Å². The predicted octanol–water partition coefficient (Wildman–Crippen LogP) is 4.14. The summed E-state index contributed by atoms with van der Waals surface area (Å²) < 4.78 is 15.5. The van der Waals surface area contributed by atoms with Gasteiger partial charge in [-0.1, -0.05) is 12.1 Å². The zero-order chi connectivity index (χ0) is 27.2. The Morgan fingerprint density at radius 2 is 1.90 bits per heavy atom. The van der Waals surface area contributed by atoms with Crippen LogP contribution < -0.4 is 16.2 Å². The van der Waals surface area contributed by atoms with Crippen LogP contribution in [0.5, 0.6) is 0 Å². The fourth-order valence-electron chi connectivity index (χ4n) is 6.65. The second-order valence-corrected chi connectivity index (χ2v) is 11.3. The highest BCUT2D eigenvalue weighted by Gasteiger charge is 2.35. The summed E-state index contributed by atoms with van der Waals surface area (Å²) in [5, 5.41) is 7.49. The molecule has 2 aromatic carbocycles. The minimum atomic E-state index is -0.385. The van der Waals surface area contributed by atoms with Gasteiger partial charge >= 0.3 is 0 Å². The summed E-state index contributed by atoms with van der Waals surface area (Å²) in [5.74, 6) is 0.783. The van der Waals surface area contributed by atoms with E-state index in [1.807, 2.05) is 29.2 Å². The summed E-state index contributed by atoms with van der Waals surface area (Å²) in [6.45, 7) is 5.09. The molecule has 4 aromatic rings. The molecule has 2 aromatic heterocycles. The minimum absolute atomic E-state index is 0.171. The van der Waals surface area contributed by atoms with E-state index in [9.17, 15) is 9.59 Å². The molecule has 6 heterocycles.